The van der Waals surface area contributed by atoms with E-state index in [0.29, 0.717) is 17.9 Å². The van der Waals surface area contributed by atoms with Crippen molar-refractivity contribution in [3.63, 3.8) is 0 Å². The van der Waals surface area contributed by atoms with Crippen LogP contribution in [0.5, 0.6) is 0 Å². The summed E-state index contributed by atoms with van der Waals surface area (Å²) in [6.45, 7) is 0.669. The fraction of sp³-hybridized carbons (Fsp3) is 0.320. The predicted octanol–water partition coefficient (Wildman–Crippen LogP) is 2.47. The Labute approximate surface area is 195 Å². The quantitative estimate of drug-likeness (QED) is 0.461. The Balaban J connectivity index is 1.22. The number of hydrogen-bond acceptors (Lipinski definition) is 5. The molecule has 1 aliphatic carbocycles. The first-order valence-corrected chi connectivity index (χ1v) is 11.6. The molecule has 0 aliphatic heterocycles. The lowest BCUT2D eigenvalue weighted by atomic mass is 9.88. The minimum absolute atomic E-state index is 0.0657. The van der Waals surface area contributed by atoms with Crippen molar-refractivity contribution in [1.82, 2.24) is 29.4 Å². The van der Waals surface area contributed by atoms with Gasteiger partial charge in [0.1, 0.15) is 17.0 Å². The lowest BCUT2D eigenvalue weighted by Gasteiger charge is -2.20. The molecule has 9 heteroatoms. The van der Waals surface area contributed by atoms with Crippen LogP contribution in [0.1, 0.15) is 53.8 Å². The number of amides is 2. The maximum absolute atomic E-state index is 12.6. The molecule has 1 saturated carbocycles. The first-order valence-electron chi connectivity index (χ1n) is 11.6. The van der Waals surface area contributed by atoms with E-state index in [4.69, 9.17) is 0 Å². The third-order valence-electron chi connectivity index (χ3n) is 6.24. The van der Waals surface area contributed by atoms with Gasteiger partial charge < -0.3 is 15.0 Å². The fourth-order valence-corrected chi connectivity index (χ4v) is 4.41. The molecule has 0 bridgehead atoms. The maximum atomic E-state index is 12.6. The normalized spacial score (nSPS) is 14.4. The summed E-state index contributed by atoms with van der Waals surface area (Å²) in [6.07, 6.45) is 10.8. The molecule has 0 atom stereocenters. The summed E-state index contributed by atoms with van der Waals surface area (Å²) in [4.78, 5) is 46.0. The number of nitrogens with zero attached hydrogens (tertiary/aromatic N) is 4. The first kappa shape index (κ1) is 21.8. The van der Waals surface area contributed by atoms with E-state index in [1.807, 2.05) is 28.9 Å². The lowest BCUT2D eigenvalue weighted by Crippen LogP contribution is -2.31. The molecule has 0 radical (unpaired) electrons. The summed E-state index contributed by atoms with van der Waals surface area (Å²) >= 11 is 0. The minimum atomic E-state index is -0.438. The van der Waals surface area contributed by atoms with E-state index in [9.17, 15) is 14.4 Å². The lowest BCUT2D eigenvalue weighted by molar-refractivity contribution is -0.126. The van der Waals surface area contributed by atoms with Crippen molar-refractivity contribution in [3.05, 3.63) is 82.3 Å². The van der Waals surface area contributed by atoms with Crippen LogP contribution in [0, 0.1) is 5.92 Å². The molecular weight excluding hydrogens is 432 g/mol. The average Bonchev–Trinajstić information content (AvgIpc) is 3.28. The summed E-state index contributed by atoms with van der Waals surface area (Å²) in [6, 6.07) is 10.2. The largest absolute Gasteiger partial charge is 0.352 e. The van der Waals surface area contributed by atoms with Gasteiger partial charge in [-0.1, -0.05) is 31.4 Å². The number of nitrogens with one attached hydrogen (secondary N) is 2. The Bertz CT molecular complexity index is 1420. The highest BCUT2D eigenvalue weighted by molar-refractivity contribution is 5.92. The second kappa shape index (κ2) is 9.46. The third-order valence-corrected chi connectivity index (χ3v) is 6.24. The van der Waals surface area contributed by atoms with Crippen LogP contribution in [0.2, 0.25) is 0 Å². The van der Waals surface area contributed by atoms with Crippen LogP contribution < -0.4 is 16.2 Å². The molecule has 4 aromatic rings. The highest BCUT2D eigenvalue weighted by atomic mass is 16.2. The molecule has 1 aliphatic rings. The first-order chi connectivity index (χ1) is 16.6. The molecule has 2 amide bonds. The highest BCUT2D eigenvalue weighted by Crippen LogP contribution is 2.23. The van der Waals surface area contributed by atoms with Gasteiger partial charge in [0.15, 0.2) is 0 Å². The number of hydrogen-bond donors (Lipinski definition) is 2. The van der Waals surface area contributed by atoms with Gasteiger partial charge in [-0.05, 0) is 36.6 Å². The highest BCUT2D eigenvalue weighted by Gasteiger charge is 2.20. The van der Waals surface area contributed by atoms with Crippen LogP contribution in [0.4, 0.5) is 0 Å². The maximum Gasteiger partial charge on any atom is 0.270 e. The molecule has 5 rings (SSSR count). The SMILES string of the molecule is O=C(NCc1cn2cc(CNC(=O)C3CCCCC3)ccc2n1)c1cc(=O)n2ccccc2n1. The van der Waals surface area contributed by atoms with Gasteiger partial charge in [-0.3, -0.25) is 18.8 Å². The van der Waals surface area contributed by atoms with E-state index in [0.717, 1.165) is 36.9 Å². The van der Waals surface area contributed by atoms with E-state index in [2.05, 4.69) is 20.6 Å². The second-order valence-electron chi connectivity index (χ2n) is 8.68. The molecular formula is C25H26N6O3. The third kappa shape index (κ3) is 4.68. The zero-order valence-corrected chi connectivity index (χ0v) is 18.7. The number of carbonyl (C=O) groups excluding carboxylic acids is 2. The van der Waals surface area contributed by atoms with Crippen molar-refractivity contribution in [2.45, 2.75) is 45.2 Å². The van der Waals surface area contributed by atoms with E-state index in [-0.39, 0.29) is 29.6 Å². The van der Waals surface area contributed by atoms with Gasteiger partial charge in [-0.25, -0.2) is 9.97 Å². The van der Waals surface area contributed by atoms with Crippen molar-refractivity contribution >= 4 is 23.1 Å². The van der Waals surface area contributed by atoms with E-state index in [1.54, 1.807) is 24.4 Å². The monoisotopic (exact) mass is 458 g/mol. The number of imidazole rings is 1. The number of fused-ring (bicyclic) bond motifs is 2. The van der Waals surface area contributed by atoms with Gasteiger partial charge in [-0.2, -0.15) is 0 Å². The smallest absolute Gasteiger partial charge is 0.270 e. The average molecular weight is 459 g/mol. The number of pyridine rings is 2. The van der Waals surface area contributed by atoms with Gasteiger partial charge >= 0.3 is 0 Å². The Morgan fingerprint density at radius 1 is 0.941 bits per heavy atom. The molecule has 4 heterocycles. The molecule has 4 aromatic heterocycles. The summed E-state index contributed by atoms with van der Waals surface area (Å²) in [7, 11) is 0. The van der Waals surface area contributed by atoms with Crippen LogP contribution in [0.15, 0.2) is 59.8 Å². The Hall–Kier alpha value is -4.01. The molecule has 174 valence electrons. The van der Waals surface area contributed by atoms with Gasteiger partial charge in [0.25, 0.3) is 11.5 Å². The van der Waals surface area contributed by atoms with Crippen molar-refractivity contribution < 1.29 is 9.59 Å². The predicted molar refractivity (Wildman–Crippen MR) is 126 cm³/mol. The summed E-state index contributed by atoms with van der Waals surface area (Å²) in [5.74, 6) is -0.170. The van der Waals surface area contributed by atoms with Crippen LogP contribution >= 0.6 is 0 Å². The molecule has 34 heavy (non-hydrogen) atoms. The molecule has 0 saturated heterocycles. The molecule has 0 spiro atoms. The summed E-state index contributed by atoms with van der Waals surface area (Å²) in [5, 5.41) is 5.83. The van der Waals surface area contributed by atoms with Gasteiger partial charge in [0.05, 0.1) is 12.2 Å². The zero-order chi connectivity index (χ0) is 23.5. The summed E-state index contributed by atoms with van der Waals surface area (Å²) in [5.41, 5.74) is 2.56. The van der Waals surface area contributed by atoms with E-state index < -0.39 is 5.91 Å². The van der Waals surface area contributed by atoms with E-state index >= 15 is 0 Å². The molecule has 2 N–H and O–H groups in total. The number of aromatic nitrogens is 4. The van der Waals surface area contributed by atoms with Crippen LogP contribution in [-0.2, 0) is 17.9 Å². The van der Waals surface area contributed by atoms with Gasteiger partial charge in [0.2, 0.25) is 5.91 Å². The van der Waals surface area contributed by atoms with Crippen molar-refractivity contribution in [2.75, 3.05) is 0 Å². The topological polar surface area (TPSA) is 110 Å². The van der Waals surface area contributed by atoms with Crippen LogP contribution in [-0.4, -0.2) is 30.6 Å². The van der Waals surface area contributed by atoms with E-state index in [1.165, 1.54) is 16.9 Å². The number of carbonyl (C=O) groups is 2. The molecule has 0 unspecified atom stereocenters. The zero-order valence-electron chi connectivity index (χ0n) is 18.7. The Morgan fingerprint density at radius 3 is 2.65 bits per heavy atom. The molecule has 0 aromatic carbocycles. The van der Waals surface area contributed by atoms with Crippen LogP contribution in [0.25, 0.3) is 11.3 Å². The number of rotatable bonds is 6. The standard InChI is InChI=1S/C25H26N6O3/c32-23-12-20(29-22-8-4-5-11-31(22)23)25(34)27-14-19-16-30-15-17(9-10-21(30)28-19)13-26-24(33)18-6-2-1-3-7-18/h4-5,8-12,15-16,18H,1-3,6-7,13-14H2,(H,26,33)(H,27,34). The molecule has 1 fully saturated rings. The van der Waals surface area contributed by atoms with Crippen molar-refractivity contribution in [3.8, 4) is 0 Å². The Morgan fingerprint density at radius 2 is 1.79 bits per heavy atom. The summed E-state index contributed by atoms with van der Waals surface area (Å²) < 4.78 is 3.26. The second-order valence-corrected chi connectivity index (χ2v) is 8.68. The minimum Gasteiger partial charge on any atom is -0.352 e. The molecule has 9 nitrogen and oxygen atoms in total. The fourth-order valence-electron chi connectivity index (χ4n) is 4.41. The Kier molecular flexibility index (Phi) is 6.07. The van der Waals surface area contributed by atoms with Crippen molar-refractivity contribution in [2.24, 2.45) is 5.92 Å². The van der Waals surface area contributed by atoms with Crippen molar-refractivity contribution in [1.29, 1.82) is 0 Å². The van der Waals surface area contributed by atoms with Crippen LogP contribution in [0.3, 0.4) is 0 Å². The van der Waals surface area contributed by atoms with Gasteiger partial charge in [0, 0.05) is 37.1 Å². The van der Waals surface area contributed by atoms with Gasteiger partial charge in [-0.15, -0.1) is 0 Å².